The zero-order chi connectivity index (χ0) is 14.2. The van der Waals surface area contributed by atoms with Gasteiger partial charge in [-0.2, -0.15) is 0 Å². The molecule has 0 amide bonds. The lowest BCUT2D eigenvalue weighted by Crippen LogP contribution is -2.13. The smallest absolute Gasteiger partial charge is 0.335 e. The summed E-state index contributed by atoms with van der Waals surface area (Å²) in [4.78, 5) is 16.2. The summed E-state index contributed by atoms with van der Waals surface area (Å²) in [7, 11) is -3.47. The first-order valence-corrected chi connectivity index (χ1v) is 7.37. The molecule has 102 valence electrons. The summed E-state index contributed by atoms with van der Waals surface area (Å²) in [5.41, 5.74) is 3.87. The molecule has 6 nitrogen and oxygen atoms in total. The second-order valence-corrected chi connectivity index (χ2v) is 6.20. The molecule has 1 aromatic rings. The summed E-state index contributed by atoms with van der Waals surface area (Å²) >= 11 is 0. The molecule has 1 heterocycles. The zero-order valence-electron chi connectivity index (χ0n) is 10.4. The Balaban J connectivity index is 2.77. The summed E-state index contributed by atoms with van der Waals surface area (Å²) in [6.07, 6.45) is 2.75. The molecule has 0 saturated heterocycles. The average molecular weight is 283 g/mol. The van der Waals surface area contributed by atoms with Gasteiger partial charge >= 0.3 is 5.97 Å². The van der Waals surface area contributed by atoms with Gasteiger partial charge in [-0.1, -0.05) is 0 Å². The standard InChI is InChI=1S/C12H13NO5S/c1-7-8(12(14)15)3-4-10(19(2,16)17)11(7)9-5-6-18-13-9/h3-5,13H,6H2,1-2H3,(H,14,15). The van der Waals surface area contributed by atoms with Gasteiger partial charge in [0.2, 0.25) is 0 Å². The van der Waals surface area contributed by atoms with Crippen LogP contribution in [0.25, 0.3) is 5.70 Å². The van der Waals surface area contributed by atoms with E-state index < -0.39 is 15.8 Å². The molecule has 1 aromatic carbocycles. The molecule has 2 rings (SSSR count). The molecule has 1 aliphatic heterocycles. The number of nitrogens with one attached hydrogen (secondary N) is 1. The van der Waals surface area contributed by atoms with Crippen molar-refractivity contribution in [1.82, 2.24) is 5.48 Å². The highest BCUT2D eigenvalue weighted by Gasteiger charge is 2.23. The van der Waals surface area contributed by atoms with E-state index in [0.29, 0.717) is 23.4 Å². The highest BCUT2D eigenvalue weighted by Crippen LogP contribution is 2.29. The summed E-state index contributed by atoms with van der Waals surface area (Å²) in [6.45, 7) is 1.88. The number of hydroxylamine groups is 1. The van der Waals surface area contributed by atoms with Crippen LogP contribution in [-0.2, 0) is 14.7 Å². The van der Waals surface area contributed by atoms with Gasteiger partial charge in [0.15, 0.2) is 9.84 Å². The number of aromatic carboxylic acids is 1. The molecule has 0 fully saturated rings. The molecule has 0 unspecified atom stereocenters. The summed E-state index contributed by atoms with van der Waals surface area (Å²) in [5, 5.41) is 9.11. The molecule has 1 aliphatic rings. The molecule has 0 atom stereocenters. The Morgan fingerprint density at radius 1 is 1.42 bits per heavy atom. The second-order valence-electron chi connectivity index (χ2n) is 4.22. The van der Waals surface area contributed by atoms with Crippen molar-refractivity contribution in [1.29, 1.82) is 0 Å². The predicted octanol–water partition coefficient (Wildman–Crippen LogP) is 0.972. The minimum atomic E-state index is -3.47. The first kappa shape index (κ1) is 13.6. The van der Waals surface area contributed by atoms with Gasteiger partial charge < -0.3 is 5.11 Å². The van der Waals surface area contributed by atoms with Crippen molar-refractivity contribution >= 4 is 21.5 Å². The minimum absolute atomic E-state index is 0.0667. The maximum absolute atomic E-state index is 11.8. The highest BCUT2D eigenvalue weighted by atomic mass is 32.2. The molecule has 0 saturated carbocycles. The fraction of sp³-hybridized carbons (Fsp3) is 0.250. The fourth-order valence-corrected chi connectivity index (χ4v) is 2.95. The van der Waals surface area contributed by atoms with E-state index in [1.165, 1.54) is 12.1 Å². The van der Waals surface area contributed by atoms with Crippen LogP contribution in [0.1, 0.15) is 21.5 Å². The third-order valence-electron chi connectivity index (χ3n) is 2.88. The van der Waals surface area contributed by atoms with Crippen LogP contribution in [0.4, 0.5) is 0 Å². The maximum Gasteiger partial charge on any atom is 0.335 e. The Labute approximate surface area is 110 Å². The first-order valence-electron chi connectivity index (χ1n) is 5.47. The van der Waals surface area contributed by atoms with E-state index in [2.05, 4.69) is 5.48 Å². The third kappa shape index (κ3) is 2.47. The number of carboxylic acids is 1. The highest BCUT2D eigenvalue weighted by molar-refractivity contribution is 7.90. The van der Waals surface area contributed by atoms with Crippen LogP contribution in [-0.4, -0.2) is 32.4 Å². The maximum atomic E-state index is 11.8. The molecule has 0 aliphatic carbocycles. The van der Waals surface area contributed by atoms with E-state index >= 15 is 0 Å². The Kier molecular flexibility index (Phi) is 3.34. The van der Waals surface area contributed by atoms with Gasteiger partial charge in [-0.05, 0) is 30.7 Å². The number of hydrogen-bond donors (Lipinski definition) is 2. The lowest BCUT2D eigenvalue weighted by atomic mass is 10.00. The Morgan fingerprint density at radius 3 is 2.58 bits per heavy atom. The number of rotatable bonds is 3. The SMILES string of the molecule is Cc1c(C(=O)O)ccc(S(C)(=O)=O)c1C1=CCON1. The predicted molar refractivity (Wildman–Crippen MR) is 68.3 cm³/mol. The van der Waals surface area contributed by atoms with Crippen LogP contribution in [0.15, 0.2) is 23.1 Å². The quantitative estimate of drug-likeness (QED) is 0.858. The fourth-order valence-electron chi connectivity index (χ4n) is 2.00. The van der Waals surface area contributed by atoms with Crippen molar-refractivity contribution in [2.24, 2.45) is 0 Å². The lowest BCUT2D eigenvalue weighted by Gasteiger charge is -2.14. The van der Waals surface area contributed by atoms with E-state index in [1.807, 2.05) is 0 Å². The van der Waals surface area contributed by atoms with Crippen molar-refractivity contribution in [2.75, 3.05) is 12.9 Å². The first-order chi connectivity index (χ1) is 8.82. The summed E-state index contributed by atoms with van der Waals surface area (Å²) < 4.78 is 23.6. The normalized spacial score (nSPS) is 14.9. The monoisotopic (exact) mass is 283 g/mol. The van der Waals surface area contributed by atoms with E-state index in [0.717, 1.165) is 6.26 Å². The van der Waals surface area contributed by atoms with Crippen molar-refractivity contribution in [3.05, 3.63) is 34.9 Å². The zero-order valence-corrected chi connectivity index (χ0v) is 11.2. The van der Waals surface area contributed by atoms with E-state index in [4.69, 9.17) is 9.94 Å². The van der Waals surface area contributed by atoms with Crippen LogP contribution in [0, 0.1) is 6.92 Å². The van der Waals surface area contributed by atoms with Gasteiger partial charge in [-0.25, -0.2) is 13.2 Å². The summed E-state index contributed by atoms with van der Waals surface area (Å²) in [5.74, 6) is -1.10. The minimum Gasteiger partial charge on any atom is -0.478 e. The lowest BCUT2D eigenvalue weighted by molar-refractivity contribution is 0.0696. The molecule has 0 aromatic heterocycles. The topological polar surface area (TPSA) is 92.7 Å². The van der Waals surface area contributed by atoms with Crippen LogP contribution in [0.3, 0.4) is 0 Å². The second kappa shape index (κ2) is 4.67. The largest absolute Gasteiger partial charge is 0.478 e. The van der Waals surface area contributed by atoms with Gasteiger partial charge in [-0.15, -0.1) is 0 Å². The Morgan fingerprint density at radius 2 is 2.11 bits per heavy atom. The number of hydrogen-bond acceptors (Lipinski definition) is 5. The molecule has 7 heteroatoms. The molecule has 0 bridgehead atoms. The van der Waals surface area contributed by atoms with Crippen molar-refractivity contribution in [3.63, 3.8) is 0 Å². The number of carbonyl (C=O) groups is 1. The van der Waals surface area contributed by atoms with Crippen molar-refractivity contribution < 1.29 is 23.2 Å². The van der Waals surface area contributed by atoms with Gasteiger partial charge in [0.05, 0.1) is 22.8 Å². The molecule has 0 radical (unpaired) electrons. The van der Waals surface area contributed by atoms with Crippen LogP contribution >= 0.6 is 0 Å². The van der Waals surface area contributed by atoms with Gasteiger partial charge in [0, 0.05) is 11.8 Å². The molecule has 19 heavy (non-hydrogen) atoms. The average Bonchev–Trinajstić information content (AvgIpc) is 2.79. The van der Waals surface area contributed by atoms with Crippen LogP contribution in [0.5, 0.6) is 0 Å². The van der Waals surface area contributed by atoms with E-state index in [1.54, 1.807) is 13.0 Å². The Bertz CT molecular complexity index is 676. The molecule has 2 N–H and O–H groups in total. The van der Waals surface area contributed by atoms with Crippen molar-refractivity contribution in [3.8, 4) is 0 Å². The molecular weight excluding hydrogens is 270 g/mol. The van der Waals surface area contributed by atoms with Crippen LogP contribution < -0.4 is 5.48 Å². The number of benzene rings is 1. The number of carboxylic acid groups (broad SMARTS) is 1. The third-order valence-corrected chi connectivity index (χ3v) is 4.02. The van der Waals surface area contributed by atoms with Gasteiger partial charge in [0.25, 0.3) is 0 Å². The molecule has 0 spiro atoms. The van der Waals surface area contributed by atoms with Gasteiger partial charge in [-0.3, -0.25) is 10.3 Å². The van der Waals surface area contributed by atoms with Crippen molar-refractivity contribution in [2.45, 2.75) is 11.8 Å². The van der Waals surface area contributed by atoms with E-state index in [9.17, 15) is 13.2 Å². The van der Waals surface area contributed by atoms with E-state index in [-0.39, 0.29) is 10.5 Å². The van der Waals surface area contributed by atoms with Crippen LogP contribution in [0.2, 0.25) is 0 Å². The Hall–Kier alpha value is -1.86. The molecular formula is C12H13NO5S. The van der Waals surface area contributed by atoms with Gasteiger partial charge in [0.1, 0.15) is 0 Å². The number of sulfone groups is 1. The summed E-state index contributed by atoms with van der Waals surface area (Å²) in [6, 6.07) is 2.61.